The van der Waals surface area contributed by atoms with Gasteiger partial charge in [-0.2, -0.15) is 0 Å². The van der Waals surface area contributed by atoms with Crippen LogP contribution in [-0.2, 0) is 20.1 Å². The maximum absolute atomic E-state index is 13.0. The van der Waals surface area contributed by atoms with Gasteiger partial charge in [0.25, 0.3) is 0 Å². The zero-order chi connectivity index (χ0) is 20.2. The number of aryl methyl sites for hydroxylation is 1. The molecule has 3 aromatic carbocycles. The van der Waals surface area contributed by atoms with Gasteiger partial charge in [-0.3, -0.25) is 14.3 Å². The smallest absolute Gasteiger partial charge is 0.408 e. The molecule has 0 aliphatic carbocycles. The van der Waals surface area contributed by atoms with E-state index in [-0.39, 0.29) is 12.3 Å². The van der Waals surface area contributed by atoms with Crippen molar-refractivity contribution in [3.63, 3.8) is 0 Å². The van der Waals surface area contributed by atoms with Gasteiger partial charge in [0, 0.05) is 25.7 Å². The first-order chi connectivity index (χ1) is 14.1. The molecule has 1 aromatic heterocycles. The fourth-order valence-electron chi connectivity index (χ4n) is 3.45. The van der Waals surface area contributed by atoms with Crippen LogP contribution in [0.4, 0.5) is 0 Å². The molecular formula is C24H22N2O3. The predicted octanol–water partition coefficient (Wildman–Crippen LogP) is 4.02. The summed E-state index contributed by atoms with van der Waals surface area (Å²) in [4.78, 5) is 26.8. The normalized spacial score (nSPS) is 11.2. The molecule has 0 unspecified atom stereocenters. The highest BCUT2D eigenvalue weighted by Crippen LogP contribution is 2.16. The Labute approximate surface area is 168 Å². The van der Waals surface area contributed by atoms with Crippen molar-refractivity contribution in [1.29, 1.82) is 0 Å². The molecule has 29 heavy (non-hydrogen) atoms. The largest absolute Gasteiger partial charge is 0.419 e. The molecule has 0 atom stereocenters. The van der Waals surface area contributed by atoms with Gasteiger partial charge in [0.1, 0.15) is 0 Å². The molecule has 0 spiro atoms. The number of ketones is 1. The summed E-state index contributed by atoms with van der Waals surface area (Å²) >= 11 is 0. The average Bonchev–Trinajstić information content (AvgIpc) is 3.02. The van der Waals surface area contributed by atoms with Crippen molar-refractivity contribution in [3.05, 3.63) is 106 Å². The molecule has 5 nitrogen and oxygen atoms in total. The molecule has 4 rings (SSSR count). The van der Waals surface area contributed by atoms with Gasteiger partial charge >= 0.3 is 5.76 Å². The van der Waals surface area contributed by atoms with Crippen LogP contribution in [0, 0.1) is 0 Å². The minimum Gasteiger partial charge on any atom is -0.408 e. The van der Waals surface area contributed by atoms with E-state index in [1.165, 1.54) is 4.57 Å². The molecule has 0 saturated carbocycles. The minimum absolute atomic E-state index is 0.00901. The van der Waals surface area contributed by atoms with Crippen molar-refractivity contribution in [2.75, 3.05) is 6.54 Å². The lowest BCUT2D eigenvalue weighted by Crippen LogP contribution is -2.29. The maximum atomic E-state index is 13.0. The molecule has 5 heteroatoms. The highest BCUT2D eigenvalue weighted by atomic mass is 16.4. The van der Waals surface area contributed by atoms with E-state index in [4.69, 9.17) is 4.42 Å². The van der Waals surface area contributed by atoms with Crippen LogP contribution in [0.3, 0.4) is 0 Å². The van der Waals surface area contributed by atoms with Gasteiger partial charge in [0.05, 0.1) is 12.1 Å². The summed E-state index contributed by atoms with van der Waals surface area (Å²) in [5.74, 6) is -0.440. The highest BCUT2D eigenvalue weighted by Gasteiger charge is 2.16. The molecule has 0 N–H and O–H groups in total. The van der Waals surface area contributed by atoms with Gasteiger partial charge in [-0.05, 0) is 29.3 Å². The van der Waals surface area contributed by atoms with Crippen molar-refractivity contribution in [2.24, 2.45) is 7.05 Å². The Balaban J connectivity index is 1.57. The Morgan fingerprint density at radius 1 is 0.897 bits per heavy atom. The fourth-order valence-corrected chi connectivity index (χ4v) is 3.45. The van der Waals surface area contributed by atoms with Crippen molar-refractivity contribution < 1.29 is 9.21 Å². The number of hydrogen-bond acceptors (Lipinski definition) is 4. The van der Waals surface area contributed by atoms with Crippen LogP contribution in [0.15, 0.2) is 88.1 Å². The number of nitrogens with zero attached hydrogens (tertiary/aromatic N) is 2. The van der Waals surface area contributed by atoms with Crippen molar-refractivity contribution in [3.8, 4) is 0 Å². The molecule has 0 bridgehead atoms. The number of carbonyl (C=O) groups excluding carboxylic acids is 1. The number of rotatable bonds is 7. The van der Waals surface area contributed by atoms with E-state index in [1.807, 2.05) is 36.4 Å². The van der Waals surface area contributed by atoms with E-state index in [2.05, 4.69) is 29.2 Å². The summed E-state index contributed by atoms with van der Waals surface area (Å²) in [7, 11) is 1.65. The monoisotopic (exact) mass is 386 g/mol. The van der Waals surface area contributed by atoms with Crippen molar-refractivity contribution in [2.45, 2.75) is 13.1 Å². The molecule has 0 aliphatic heterocycles. The number of Topliss-reactive ketones (excluding diaryl/α,β-unsaturated/α-hetero) is 1. The molecule has 0 saturated heterocycles. The second-order valence-electron chi connectivity index (χ2n) is 7.15. The lowest BCUT2D eigenvalue weighted by atomic mass is 10.1. The standard InChI is InChI=1S/C24H22N2O3/c1-25-21-13-12-20(14-23(21)29-24(25)28)22(27)17-26(15-18-8-4-2-5-9-18)16-19-10-6-3-7-11-19/h2-14H,15-17H2,1H3. The Bertz CT molecular complexity index is 1140. The number of carbonyl (C=O) groups is 1. The minimum atomic E-state index is -0.431. The third-order valence-corrected chi connectivity index (χ3v) is 4.98. The number of benzene rings is 3. The van der Waals surface area contributed by atoms with Gasteiger partial charge in [0.15, 0.2) is 11.4 Å². The third kappa shape index (κ3) is 4.36. The number of aromatic nitrogens is 1. The van der Waals surface area contributed by atoms with E-state index < -0.39 is 5.76 Å². The molecule has 0 fully saturated rings. The SMILES string of the molecule is Cn1c(=O)oc2cc(C(=O)CN(Cc3ccccc3)Cc3ccccc3)ccc21. The molecular weight excluding hydrogens is 364 g/mol. The van der Waals surface area contributed by atoms with Crippen LogP contribution in [-0.4, -0.2) is 21.8 Å². The van der Waals surface area contributed by atoms with Crippen molar-refractivity contribution >= 4 is 16.9 Å². The topological polar surface area (TPSA) is 55.5 Å². The lowest BCUT2D eigenvalue weighted by Gasteiger charge is -2.22. The first-order valence-corrected chi connectivity index (χ1v) is 9.53. The van der Waals surface area contributed by atoms with Gasteiger partial charge < -0.3 is 4.42 Å². The van der Waals surface area contributed by atoms with Crippen LogP contribution in [0.5, 0.6) is 0 Å². The molecule has 4 aromatic rings. The van der Waals surface area contributed by atoms with Gasteiger partial charge in [0.2, 0.25) is 0 Å². The predicted molar refractivity (Wildman–Crippen MR) is 113 cm³/mol. The van der Waals surface area contributed by atoms with E-state index in [0.717, 1.165) is 11.1 Å². The maximum Gasteiger partial charge on any atom is 0.419 e. The number of hydrogen-bond donors (Lipinski definition) is 0. The zero-order valence-corrected chi connectivity index (χ0v) is 16.2. The highest BCUT2D eigenvalue weighted by molar-refractivity contribution is 5.99. The van der Waals surface area contributed by atoms with E-state index in [0.29, 0.717) is 29.8 Å². The van der Waals surface area contributed by atoms with Crippen LogP contribution >= 0.6 is 0 Å². The molecule has 0 radical (unpaired) electrons. The van der Waals surface area contributed by atoms with Crippen LogP contribution in [0.25, 0.3) is 11.1 Å². The van der Waals surface area contributed by atoms with Gasteiger partial charge in [-0.1, -0.05) is 60.7 Å². The zero-order valence-electron chi connectivity index (χ0n) is 16.2. The first-order valence-electron chi connectivity index (χ1n) is 9.53. The van der Waals surface area contributed by atoms with Gasteiger partial charge in [-0.25, -0.2) is 4.79 Å². The van der Waals surface area contributed by atoms with Crippen LogP contribution < -0.4 is 5.76 Å². The Morgan fingerprint density at radius 3 is 2.07 bits per heavy atom. The van der Waals surface area contributed by atoms with E-state index in [9.17, 15) is 9.59 Å². The van der Waals surface area contributed by atoms with Crippen molar-refractivity contribution in [1.82, 2.24) is 9.47 Å². The third-order valence-electron chi connectivity index (χ3n) is 4.98. The lowest BCUT2D eigenvalue weighted by molar-refractivity contribution is 0.0920. The summed E-state index contributed by atoms with van der Waals surface area (Å²) in [5, 5.41) is 0. The summed E-state index contributed by atoms with van der Waals surface area (Å²) in [5.41, 5.74) is 3.96. The van der Waals surface area contributed by atoms with Gasteiger partial charge in [-0.15, -0.1) is 0 Å². The molecule has 1 heterocycles. The first kappa shape index (κ1) is 18.9. The summed E-state index contributed by atoms with van der Waals surface area (Å²) < 4.78 is 6.66. The fraction of sp³-hybridized carbons (Fsp3) is 0.167. The Morgan fingerprint density at radius 2 is 1.48 bits per heavy atom. The second-order valence-corrected chi connectivity index (χ2v) is 7.15. The van der Waals surface area contributed by atoms with E-state index in [1.54, 1.807) is 25.2 Å². The summed E-state index contributed by atoms with van der Waals surface area (Å²) in [6, 6.07) is 25.4. The second kappa shape index (κ2) is 8.29. The molecule has 0 amide bonds. The quantitative estimate of drug-likeness (QED) is 0.450. The summed E-state index contributed by atoms with van der Waals surface area (Å²) in [6.45, 7) is 1.61. The molecule has 0 aliphatic rings. The Hall–Kier alpha value is -3.44. The number of oxazole rings is 1. The average molecular weight is 386 g/mol. The molecule has 146 valence electrons. The number of fused-ring (bicyclic) bond motifs is 1. The van der Waals surface area contributed by atoms with Crippen LogP contribution in [0.2, 0.25) is 0 Å². The van der Waals surface area contributed by atoms with Crippen LogP contribution in [0.1, 0.15) is 21.5 Å². The van der Waals surface area contributed by atoms with E-state index >= 15 is 0 Å². The summed E-state index contributed by atoms with van der Waals surface area (Å²) in [6.07, 6.45) is 0. The Kier molecular flexibility index (Phi) is 5.40.